The molecule has 92 valence electrons. The lowest BCUT2D eigenvalue weighted by molar-refractivity contribution is -0.133. The van der Waals surface area contributed by atoms with Crippen molar-refractivity contribution in [3.8, 4) is 0 Å². The number of carboxylic acids is 1. The lowest BCUT2D eigenvalue weighted by Crippen LogP contribution is -2.39. The van der Waals surface area contributed by atoms with Crippen LogP contribution >= 0.6 is 11.8 Å². The SMILES string of the molecule is O=C(O)CSCC(=O)N1CCn2ccnc2C1. The van der Waals surface area contributed by atoms with Gasteiger partial charge in [-0.25, -0.2) is 4.98 Å². The van der Waals surface area contributed by atoms with Crippen molar-refractivity contribution in [1.82, 2.24) is 14.5 Å². The number of aromatic nitrogens is 2. The molecule has 1 aromatic rings. The van der Waals surface area contributed by atoms with Gasteiger partial charge in [0, 0.05) is 25.5 Å². The topological polar surface area (TPSA) is 75.4 Å². The number of fused-ring (bicyclic) bond motifs is 1. The molecule has 0 unspecified atom stereocenters. The number of amides is 1. The number of hydrogen-bond donors (Lipinski definition) is 1. The number of carbonyl (C=O) groups is 2. The summed E-state index contributed by atoms with van der Waals surface area (Å²) in [4.78, 5) is 28.0. The Hall–Kier alpha value is -1.50. The predicted molar refractivity (Wildman–Crippen MR) is 62.6 cm³/mol. The molecule has 0 spiro atoms. The van der Waals surface area contributed by atoms with Gasteiger partial charge in [-0.2, -0.15) is 0 Å². The summed E-state index contributed by atoms with van der Waals surface area (Å²) in [6, 6.07) is 0. The molecule has 1 aliphatic rings. The molecule has 0 aromatic carbocycles. The molecule has 0 saturated heterocycles. The number of nitrogens with zero attached hydrogens (tertiary/aromatic N) is 3. The number of imidazole rings is 1. The van der Waals surface area contributed by atoms with Crippen molar-refractivity contribution in [2.45, 2.75) is 13.1 Å². The Kier molecular flexibility index (Phi) is 3.68. The van der Waals surface area contributed by atoms with Gasteiger partial charge in [-0.05, 0) is 0 Å². The van der Waals surface area contributed by atoms with E-state index in [4.69, 9.17) is 5.11 Å². The fourth-order valence-corrected chi connectivity index (χ4v) is 2.34. The van der Waals surface area contributed by atoms with E-state index in [1.807, 2.05) is 10.8 Å². The molecule has 0 aliphatic carbocycles. The summed E-state index contributed by atoms with van der Waals surface area (Å²) in [5, 5.41) is 8.48. The van der Waals surface area contributed by atoms with Gasteiger partial charge in [0.2, 0.25) is 5.91 Å². The van der Waals surface area contributed by atoms with Gasteiger partial charge in [-0.15, -0.1) is 11.8 Å². The highest BCUT2D eigenvalue weighted by molar-refractivity contribution is 8.00. The molecular formula is C10H13N3O3S. The lowest BCUT2D eigenvalue weighted by atomic mass is 10.3. The minimum atomic E-state index is -0.892. The second kappa shape index (κ2) is 5.22. The third-order valence-corrected chi connectivity index (χ3v) is 3.45. The molecule has 7 heteroatoms. The van der Waals surface area contributed by atoms with Crippen molar-refractivity contribution in [1.29, 1.82) is 0 Å². The van der Waals surface area contributed by atoms with Crippen molar-refractivity contribution in [3.05, 3.63) is 18.2 Å². The molecule has 2 rings (SSSR count). The first-order valence-electron chi connectivity index (χ1n) is 5.24. The minimum absolute atomic E-state index is 0.0227. The van der Waals surface area contributed by atoms with E-state index in [2.05, 4.69) is 4.98 Å². The summed E-state index contributed by atoms with van der Waals surface area (Å²) in [7, 11) is 0. The minimum Gasteiger partial charge on any atom is -0.481 e. The van der Waals surface area contributed by atoms with Crippen LogP contribution in [0.5, 0.6) is 0 Å². The van der Waals surface area contributed by atoms with E-state index in [1.54, 1.807) is 11.1 Å². The van der Waals surface area contributed by atoms with E-state index in [9.17, 15) is 9.59 Å². The summed E-state index contributed by atoms with van der Waals surface area (Å²) < 4.78 is 2.02. The lowest BCUT2D eigenvalue weighted by Gasteiger charge is -2.27. The maximum atomic E-state index is 11.8. The first-order valence-corrected chi connectivity index (χ1v) is 6.39. The van der Waals surface area contributed by atoms with Gasteiger partial charge in [0.05, 0.1) is 18.1 Å². The molecule has 0 saturated carbocycles. The van der Waals surface area contributed by atoms with Gasteiger partial charge in [0.15, 0.2) is 0 Å². The summed E-state index contributed by atoms with van der Waals surface area (Å²) in [5.41, 5.74) is 0. The maximum Gasteiger partial charge on any atom is 0.313 e. The average Bonchev–Trinajstić information content (AvgIpc) is 2.75. The second-order valence-corrected chi connectivity index (χ2v) is 4.72. The molecule has 17 heavy (non-hydrogen) atoms. The summed E-state index contributed by atoms with van der Waals surface area (Å²) in [6.07, 6.45) is 3.62. The Labute approximate surface area is 103 Å². The highest BCUT2D eigenvalue weighted by Crippen LogP contribution is 2.12. The summed E-state index contributed by atoms with van der Waals surface area (Å²) in [6.45, 7) is 1.93. The third-order valence-electron chi connectivity index (χ3n) is 2.55. The van der Waals surface area contributed by atoms with E-state index in [0.717, 1.165) is 24.1 Å². The van der Waals surface area contributed by atoms with Crippen LogP contribution in [0.15, 0.2) is 12.4 Å². The number of aliphatic carboxylic acids is 1. The fraction of sp³-hybridized carbons (Fsp3) is 0.500. The standard InChI is InChI=1S/C10H13N3O3S/c14-9(6-17-7-10(15)16)13-4-3-12-2-1-11-8(12)5-13/h1-2H,3-7H2,(H,15,16). The van der Waals surface area contributed by atoms with Crippen LogP contribution in [0, 0.1) is 0 Å². The zero-order valence-electron chi connectivity index (χ0n) is 9.20. The van der Waals surface area contributed by atoms with E-state index >= 15 is 0 Å². The fourth-order valence-electron chi connectivity index (χ4n) is 1.70. The van der Waals surface area contributed by atoms with Crippen LogP contribution in [0.25, 0.3) is 0 Å². The Morgan fingerprint density at radius 1 is 1.41 bits per heavy atom. The molecule has 0 fully saturated rings. The molecular weight excluding hydrogens is 242 g/mol. The Morgan fingerprint density at radius 2 is 2.24 bits per heavy atom. The van der Waals surface area contributed by atoms with Crippen LogP contribution in [0.2, 0.25) is 0 Å². The molecule has 6 nitrogen and oxygen atoms in total. The van der Waals surface area contributed by atoms with Crippen molar-refractivity contribution in [3.63, 3.8) is 0 Å². The van der Waals surface area contributed by atoms with E-state index in [-0.39, 0.29) is 17.4 Å². The van der Waals surface area contributed by atoms with Crippen LogP contribution in [0.1, 0.15) is 5.82 Å². The Morgan fingerprint density at radius 3 is 3.00 bits per heavy atom. The number of hydrogen-bond acceptors (Lipinski definition) is 4. The normalized spacial score (nSPS) is 14.5. The largest absolute Gasteiger partial charge is 0.481 e. The second-order valence-electron chi connectivity index (χ2n) is 3.74. The number of carboxylic acid groups (broad SMARTS) is 1. The van der Waals surface area contributed by atoms with Gasteiger partial charge in [0.1, 0.15) is 5.82 Å². The molecule has 0 atom stereocenters. The van der Waals surface area contributed by atoms with Gasteiger partial charge in [-0.3, -0.25) is 9.59 Å². The number of rotatable bonds is 4. The average molecular weight is 255 g/mol. The maximum absolute atomic E-state index is 11.8. The van der Waals surface area contributed by atoms with Crippen LogP contribution in [-0.4, -0.2) is 49.5 Å². The summed E-state index contributed by atoms with van der Waals surface area (Å²) in [5.74, 6) is 0.150. The van der Waals surface area contributed by atoms with Crippen LogP contribution in [0.3, 0.4) is 0 Å². The first kappa shape index (κ1) is 12.0. The van der Waals surface area contributed by atoms with Gasteiger partial charge >= 0.3 is 5.97 Å². The van der Waals surface area contributed by atoms with E-state index in [0.29, 0.717) is 13.1 Å². The van der Waals surface area contributed by atoms with E-state index < -0.39 is 5.97 Å². The van der Waals surface area contributed by atoms with Crippen LogP contribution in [0.4, 0.5) is 0 Å². The first-order chi connectivity index (χ1) is 8.16. The predicted octanol–water partition coefficient (Wildman–Crippen LogP) is 0.0431. The zero-order chi connectivity index (χ0) is 12.3. The zero-order valence-corrected chi connectivity index (χ0v) is 10.0. The third kappa shape index (κ3) is 3.00. The quantitative estimate of drug-likeness (QED) is 0.822. The molecule has 1 aromatic heterocycles. The molecule has 0 bridgehead atoms. The summed E-state index contributed by atoms with van der Waals surface area (Å²) >= 11 is 1.13. The van der Waals surface area contributed by atoms with Gasteiger partial charge < -0.3 is 14.6 Å². The highest BCUT2D eigenvalue weighted by Gasteiger charge is 2.20. The molecule has 2 heterocycles. The molecule has 1 amide bonds. The van der Waals surface area contributed by atoms with Crippen LogP contribution in [-0.2, 0) is 22.7 Å². The van der Waals surface area contributed by atoms with Crippen molar-refractivity contribution >= 4 is 23.6 Å². The number of carbonyl (C=O) groups excluding carboxylic acids is 1. The Balaban J connectivity index is 1.84. The smallest absolute Gasteiger partial charge is 0.313 e. The molecule has 1 N–H and O–H groups in total. The molecule has 1 aliphatic heterocycles. The van der Waals surface area contributed by atoms with Crippen molar-refractivity contribution in [2.24, 2.45) is 0 Å². The van der Waals surface area contributed by atoms with Crippen LogP contribution < -0.4 is 0 Å². The monoisotopic (exact) mass is 255 g/mol. The van der Waals surface area contributed by atoms with Crippen molar-refractivity contribution < 1.29 is 14.7 Å². The number of thioether (sulfide) groups is 1. The molecule has 0 radical (unpaired) electrons. The highest BCUT2D eigenvalue weighted by atomic mass is 32.2. The Bertz CT molecular complexity index is 432. The van der Waals surface area contributed by atoms with Gasteiger partial charge in [-0.1, -0.05) is 0 Å². The van der Waals surface area contributed by atoms with Gasteiger partial charge in [0.25, 0.3) is 0 Å². The van der Waals surface area contributed by atoms with E-state index in [1.165, 1.54) is 0 Å². The van der Waals surface area contributed by atoms with Crippen molar-refractivity contribution in [2.75, 3.05) is 18.1 Å².